The van der Waals surface area contributed by atoms with Crippen molar-refractivity contribution in [2.24, 2.45) is 11.7 Å². The minimum atomic E-state index is -0.207. The molecule has 18 heavy (non-hydrogen) atoms. The summed E-state index contributed by atoms with van der Waals surface area (Å²) in [6, 6.07) is 5.39. The molecule has 1 aromatic rings. The first-order valence-electron chi connectivity index (χ1n) is 6.11. The summed E-state index contributed by atoms with van der Waals surface area (Å²) >= 11 is 0. The van der Waals surface area contributed by atoms with Gasteiger partial charge in [0.1, 0.15) is 0 Å². The van der Waals surface area contributed by atoms with Crippen molar-refractivity contribution in [3.05, 3.63) is 18.2 Å². The van der Waals surface area contributed by atoms with Crippen LogP contribution in [-0.2, 0) is 4.79 Å². The fourth-order valence-electron chi connectivity index (χ4n) is 1.61. The molecule has 1 aliphatic rings. The van der Waals surface area contributed by atoms with Gasteiger partial charge in [-0.25, -0.2) is 0 Å². The monoisotopic (exact) mass is 250 g/mol. The molecule has 1 heterocycles. The molecule has 1 amide bonds. The van der Waals surface area contributed by atoms with Crippen molar-refractivity contribution in [3.8, 4) is 11.5 Å². The van der Waals surface area contributed by atoms with E-state index in [9.17, 15) is 4.79 Å². The number of nitrogens with one attached hydrogen (secondary N) is 1. The summed E-state index contributed by atoms with van der Waals surface area (Å²) in [4.78, 5) is 11.7. The van der Waals surface area contributed by atoms with Crippen molar-refractivity contribution >= 4 is 11.6 Å². The quantitative estimate of drug-likeness (QED) is 0.850. The van der Waals surface area contributed by atoms with Gasteiger partial charge in [-0.1, -0.05) is 6.92 Å². The molecule has 2 rings (SSSR count). The highest BCUT2D eigenvalue weighted by Gasteiger charge is 2.14. The SMILES string of the molecule is CC(CN)C(=O)Nc1ccc2c(c1)OCCCO2. The number of fused-ring (bicyclic) bond motifs is 1. The molecule has 5 nitrogen and oxygen atoms in total. The van der Waals surface area contributed by atoms with E-state index in [1.807, 2.05) is 6.07 Å². The molecule has 1 atom stereocenters. The van der Waals surface area contributed by atoms with Crippen LogP contribution in [0.4, 0.5) is 5.69 Å². The number of carbonyl (C=O) groups is 1. The Morgan fingerprint density at radius 3 is 2.83 bits per heavy atom. The van der Waals surface area contributed by atoms with Crippen LogP contribution in [0.2, 0.25) is 0 Å². The van der Waals surface area contributed by atoms with Crippen LogP contribution in [0.25, 0.3) is 0 Å². The Labute approximate surface area is 106 Å². The number of hydrogen-bond acceptors (Lipinski definition) is 4. The Morgan fingerprint density at radius 2 is 2.11 bits per heavy atom. The van der Waals surface area contributed by atoms with E-state index in [-0.39, 0.29) is 11.8 Å². The van der Waals surface area contributed by atoms with E-state index in [0.717, 1.165) is 12.2 Å². The maximum absolute atomic E-state index is 11.7. The molecular formula is C13H18N2O3. The van der Waals surface area contributed by atoms with Crippen molar-refractivity contribution in [2.45, 2.75) is 13.3 Å². The Kier molecular flexibility index (Phi) is 4.04. The zero-order valence-electron chi connectivity index (χ0n) is 10.4. The summed E-state index contributed by atoms with van der Waals surface area (Å²) in [6.45, 7) is 3.40. The van der Waals surface area contributed by atoms with Gasteiger partial charge in [0.15, 0.2) is 11.5 Å². The summed E-state index contributed by atoms with van der Waals surface area (Å²) < 4.78 is 11.1. The van der Waals surface area contributed by atoms with Gasteiger partial charge in [-0.3, -0.25) is 4.79 Å². The molecule has 0 saturated carbocycles. The van der Waals surface area contributed by atoms with E-state index < -0.39 is 0 Å². The molecule has 0 spiro atoms. The number of nitrogens with two attached hydrogens (primary N) is 1. The summed E-state index contributed by atoms with van der Waals surface area (Å²) in [7, 11) is 0. The van der Waals surface area contributed by atoms with Gasteiger partial charge >= 0.3 is 0 Å². The summed E-state index contributed by atoms with van der Waals surface area (Å²) in [5, 5.41) is 2.81. The van der Waals surface area contributed by atoms with Crippen molar-refractivity contribution in [2.75, 3.05) is 25.1 Å². The van der Waals surface area contributed by atoms with E-state index in [0.29, 0.717) is 31.2 Å². The van der Waals surface area contributed by atoms with Crippen LogP contribution in [0.5, 0.6) is 11.5 Å². The number of benzene rings is 1. The van der Waals surface area contributed by atoms with Crippen molar-refractivity contribution in [1.29, 1.82) is 0 Å². The van der Waals surface area contributed by atoms with Gasteiger partial charge in [-0.05, 0) is 12.1 Å². The third kappa shape index (κ3) is 2.92. The molecule has 0 aromatic heterocycles. The second kappa shape index (κ2) is 5.73. The lowest BCUT2D eigenvalue weighted by Gasteiger charge is -2.12. The fourth-order valence-corrected chi connectivity index (χ4v) is 1.61. The maximum Gasteiger partial charge on any atom is 0.228 e. The van der Waals surface area contributed by atoms with Crippen LogP contribution in [0.3, 0.4) is 0 Å². The molecule has 98 valence electrons. The maximum atomic E-state index is 11.7. The predicted molar refractivity (Wildman–Crippen MR) is 68.9 cm³/mol. The predicted octanol–water partition coefficient (Wildman–Crippen LogP) is 1.38. The van der Waals surface area contributed by atoms with E-state index >= 15 is 0 Å². The summed E-state index contributed by atoms with van der Waals surface area (Å²) in [5.74, 6) is 1.09. The van der Waals surface area contributed by atoms with Crippen molar-refractivity contribution in [3.63, 3.8) is 0 Å². The second-order valence-corrected chi connectivity index (χ2v) is 4.34. The van der Waals surface area contributed by atoms with Gasteiger partial charge < -0.3 is 20.5 Å². The Morgan fingerprint density at radius 1 is 1.39 bits per heavy atom. The molecule has 5 heteroatoms. The second-order valence-electron chi connectivity index (χ2n) is 4.34. The third-order valence-electron chi connectivity index (χ3n) is 2.82. The highest BCUT2D eigenvalue weighted by molar-refractivity contribution is 5.92. The minimum absolute atomic E-state index is 0.0907. The van der Waals surface area contributed by atoms with E-state index in [2.05, 4.69) is 5.32 Å². The molecular weight excluding hydrogens is 232 g/mol. The number of rotatable bonds is 3. The zero-order valence-corrected chi connectivity index (χ0v) is 10.4. The van der Waals surface area contributed by atoms with Crippen LogP contribution in [0.15, 0.2) is 18.2 Å². The van der Waals surface area contributed by atoms with Gasteiger partial charge in [0.2, 0.25) is 5.91 Å². The van der Waals surface area contributed by atoms with Gasteiger partial charge in [0.05, 0.1) is 13.2 Å². The fraction of sp³-hybridized carbons (Fsp3) is 0.462. The Hall–Kier alpha value is -1.75. The normalized spacial score (nSPS) is 15.7. The molecule has 1 unspecified atom stereocenters. The van der Waals surface area contributed by atoms with E-state index in [4.69, 9.17) is 15.2 Å². The Bertz CT molecular complexity index is 434. The molecule has 0 aliphatic carbocycles. The first kappa shape index (κ1) is 12.7. The van der Waals surface area contributed by atoms with Gasteiger partial charge in [-0.15, -0.1) is 0 Å². The smallest absolute Gasteiger partial charge is 0.228 e. The lowest BCUT2D eigenvalue weighted by atomic mass is 10.1. The van der Waals surface area contributed by atoms with E-state index in [1.54, 1.807) is 19.1 Å². The first-order valence-corrected chi connectivity index (χ1v) is 6.11. The molecule has 0 fully saturated rings. The number of ether oxygens (including phenoxy) is 2. The lowest BCUT2D eigenvalue weighted by molar-refractivity contribution is -0.119. The largest absolute Gasteiger partial charge is 0.490 e. The number of carbonyl (C=O) groups excluding carboxylic acids is 1. The Balaban J connectivity index is 2.11. The van der Waals surface area contributed by atoms with Crippen LogP contribution in [0.1, 0.15) is 13.3 Å². The average molecular weight is 250 g/mol. The highest BCUT2D eigenvalue weighted by atomic mass is 16.5. The van der Waals surface area contributed by atoms with Gasteiger partial charge in [0.25, 0.3) is 0 Å². The number of hydrogen-bond donors (Lipinski definition) is 2. The van der Waals surface area contributed by atoms with E-state index in [1.165, 1.54) is 0 Å². The number of amides is 1. The molecule has 3 N–H and O–H groups in total. The van der Waals surface area contributed by atoms with Gasteiger partial charge in [0, 0.05) is 30.6 Å². The topological polar surface area (TPSA) is 73.6 Å². The number of anilines is 1. The molecule has 0 bridgehead atoms. The van der Waals surface area contributed by atoms with Crippen molar-refractivity contribution < 1.29 is 14.3 Å². The van der Waals surface area contributed by atoms with Crippen LogP contribution in [-0.4, -0.2) is 25.7 Å². The lowest BCUT2D eigenvalue weighted by Crippen LogP contribution is -2.26. The molecule has 1 aliphatic heterocycles. The first-order chi connectivity index (χ1) is 8.70. The van der Waals surface area contributed by atoms with Crippen LogP contribution >= 0.6 is 0 Å². The summed E-state index contributed by atoms with van der Waals surface area (Å²) in [6.07, 6.45) is 0.862. The average Bonchev–Trinajstić information content (AvgIpc) is 2.62. The molecule has 0 saturated heterocycles. The van der Waals surface area contributed by atoms with Crippen molar-refractivity contribution in [1.82, 2.24) is 0 Å². The van der Waals surface area contributed by atoms with Gasteiger partial charge in [-0.2, -0.15) is 0 Å². The molecule has 0 radical (unpaired) electrons. The zero-order chi connectivity index (χ0) is 13.0. The minimum Gasteiger partial charge on any atom is -0.490 e. The van der Waals surface area contributed by atoms with Crippen LogP contribution in [0, 0.1) is 5.92 Å². The third-order valence-corrected chi connectivity index (χ3v) is 2.82. The standard InChI is InChI=1S/C13H18N2O3/c1-9(8-14)13(16)15-10-3-4-11-12(7-10)18-6-2-5-17-11/h3-4,7,9H,2,5-6,8,14H2,1H3,(H,15,16). The van der Waals surface area contributed by atoms with Crippen LogP contribution < -0.4 is 20.5 Å². The highest BCUT2D eigenvalue weighted by Crippen LogP contribution is 2.32. The molecule has 1 aromatic carbocycles. The summed E-state index contributed by atoms with van der Waals surface area (Å²) in [5.41, 5.74) is 6.15.